The highest BCUT2D eigenvalue weighted by Gasteiger charge is 2.10. The minimum absolute atomic E-state index is 0.0800. The van der Waals surface area contributed by atoms with Gasteiger partial charge in [0, 0.05) is 24.1 Å². The summed E-state index contributed by atoms with van der Waals surface area (Å²) in [6.07, 6.45) is 0.778. The summed E-state index contributed by atoms with van der Waals surface area (Å²) in [7, 11) is 3.18. The van der Waals surface area contributed by atoms with Crippen LogP contribution in [0.15, 0.2) is 59.1 Å². The average Bonchev–Trinajstić information content (AvgIpc) is 3.20. The quantitative estimate of drug-likeness (QED) is 0.560. The van der Waals surface area contributed by atoms with Crippen molar-refractivity contribution >= 4 is 5.97 Å². The minimum atomic E-state index is -0.305. The first-order valence-electron chi connectivity index (χ1n) is 8.56. The van der Waals surface area contributed by atoms with Crippen LogP contribution in [0.4, 0.5) is 0 Å². The lowest BCUT2D eigenvalue weighted by atomic mass is 10.1. The molecule has 0 fully saturated rings. The molecule has 2 aromatic carbocycles. The molecule has 0 aliphatic rings. The van der Waals surface area contributed by atoms with Crippen molar-refractivity contribution < 1.29 is 23.5 Å². The van der Waals surface area contributed by atoms with E-state index in [0.717, 1.165) is 11.1 Å². The molecule has 0 amide bonds. The second kappa shape index (κ2) is 8.89. The molecule has 140 valence electrons. The Balaban J connectivity index is 1.51. The van der Waals surface area contributed by atoms with E-state index in [9.17, 15) is 4.79 Å². The second-order valence-electron chi connectivity index (χ2n) is 5.93. The normalized spacial score (nSPS) is 10.4. The van der Waals surface area contributed by atoms with Crippen LogP contribution in [-0.2, 0) is 22.6 Å². The maximum atomic E-state index is 12.0. The molecule has 0 bridgehead atoms. The lowest BCUT2D eigenvalue weighted by Gasteiger charge is -2.08. The van der Waals surface area contributed by atoms with Crippen LogP contribution in [0, 0.1) is 0 Å². The Labute approximate surface area is 157 Å². The number of esters is 1. The number of aryl methyl sites for hydroxylation is 1. The third kappa shape index (κ3) is 5.10. The summed E-state index contributed by atoms with van der Waals surface area (Å²) >= 11 is 0. The van der Waals surface area contributed by atoms with E-state index in [4.69, 9.17) is 18.7 Å². The number of carbonyl (C=O) groups is 1. The average molecular weight is 367 g/mol. The molecule has 0 aliphatic carbocycles. The van der Waals surface area contributed by atoms with Crippen molar-refractivity contribution in [3.8, 4) is 22.8 Å². The standard InChI is InChI=1S/C21H21NO5/c1-24-18-10-15(11-19(13-18)25-2)8-9-21(23)26-14-17-12-20(27-22-17)16-6-4-3-5-7-16/h3-7,10-13H,8-9,14H2,1-2H3. The van der Waals surface area contributed by atoms with Crippen LogP contribution in [0.5, 0.6) is 11.5 Å². The van der Waals surface area contributed by atoms with Gasteiger partial charge in [-0.05, 0) is 24.1 Å². The fourth-order valence-electron chi connectivity index (χ4n) is 2.60. The van der Waals surface area contributed by atoms with E-state index in [1.54, 1.807) is 26.4 Å². The van der Waals surface area contributed by atoms with E-state index >= 15 is 0 Å². The van der Waals surface area contributed by atoms with Gasteiger partial charge in [0.05, 0.1) is 14.2 Å². The van der Waals surface area contributed by atoms with Crippen molar-refractivity contribution in [2.45, 2.75) is 19.4 Å². The van der Waals surface area contributed by atoms with Gasteiger partial charge in [0.2, 0.25) is 0 Å². The molecule has 3 rings (SSSR count). The van der Waals surface area contributed by atoms with Crippen molar-refractivity contribution in [3.05, 3.63) is 65.9 Å². The molecule has 6 nitrogen and oxygen atoms in total. The van der Waals surface area contributed by atoms with Crippen LogP contribution in [0.1, 0.15) is 17.7 Å². The van der Waals surface area contributed by atoms with Crippen molar-refractivity contribution in [1.29, 1.82) is 0 Å². The third-order valence-electron chi connectivity index (χ3n) is 4.03. The number of benzene rings is 2. The van der Waals surface area contributed by atoms with Gasteiger partial charge in [0.15, 0.2) is 5.76 Å². The Morgan fingerprint density at radius 3 is 2.37 bits per heavy atom. The fourth-order valence-corrected chi connectivity index (χ4v) is 2.60. The second-order valence-corrected chi connectivity index (χ2v) is 5.93. The van der Waals surface area contributed by atoms with Gasteiger partial charge >= 0.3 is 5.97 Å². The molecule has 0 atom stereocenters. The molecule has 3 aromatic rings. The summed E-state index contributed by atoms with van der Waals surface area (Å²) in [6, 6.07) is 16.9. The number of rotatable bonds is 8. The fraction of sp³-hybridized carbons (Fsp3) is 0.238. The van der Waals surface area contributed by atoms with Crippen LogP contribution in [0.25, 0.3) is 11.3 Å². The zero-order valence-corrected chi connectivity index (χ0v) is 15.3. The molecule has 0 unspecified atom stereocenters. The van der Waals surface area contributed by atoms with E-state index in [-0.39, 0.29) is 19.0 Å². The molecule has 27 heavy (non-hydrogen) atoms. The molecule has 0 saturated carbocycles. The Morgan fingerprint density at radius 1 is 1.00 bits per heavy atom. The van der Waals surface area contributed by atoms with Crippen molar-refractivity contribution in [2.24, 2.45) is 0 Å². The lowest BCUT2D eigenvalue weighted by Crippen LogP contribution is -2.06. The predicted molar refractivity (Wildman–Crippen MR) is 99.6 cm³/mol. The first-order valence-corrected chi connectivity index (χ1v) is 8.56. The molecule has 1 aromatic heterocycles. The van der Waals surface area contributed by atoms with Gasteiger partial charge < -0.3 is 18.7 Å². The minimum Gasteiger partial charge on any atom is -0.497 e. The lowest BCUT2D eigenvalue weighted by molar-refractivity contribution is -0.145. The third-order valence-corrected chi connectivity index (χ3v) is 4.03. The SMILES string of the molecule is COc1cc(CCC(=O)OCc2cc(-c3ccccc3)on2)cc(OC)c1. The van der Waals surface area contributed by atoms with E-state index in [1.807, 2.05) is 42.5 Å². The largest absolute Gasteiger partial charge is 0.497 e. The van der Waals surface area contributed by atoms with E-state index < -0.39 is 0 Å². The summed E-state index contributed by atoms with van der Waals surface area (Å²) in [5, 5.41) is 3.94. The molecule has 0 aliphatic heterocycles. The molecule has 6 heteroatoms. The highest BCUT2D eigenvalue weighted by molar-refractivity contribution is 5.69. The van der Waals surface area contributed by atoms with E-state index in [1.165, 1.54) is 0 Å². The van der Waals surface area contributed by atoms with Gasteiger partial charge in [-0.15, -0.1) is 0 Å². The Morgan fingerprint density at radius 2 is 1.70 bits per heavy atom. The summed E-state index contributed by atoms with van der Waals surface area (Å²) in [5.41, 5.74) is 2.44. The molecular weight excluding hydrogens is 346 g/mol. The molecule has 0 saturated heterocycles. The van der Waals surface area contributed by atoms with Crippen molar-refractivity contribution in [2.75, 3.05) is 14.2 Å². The highest BCUT2D eigenvalue weighted by atomic mass is 16.5. The first kappa shape index (κ1) is 18.5. The van der Waals surface area contributed by atoms with Gasteiger partial charge in [0.1, 0.15) is 23.8 Å². The number of aromatic nitrogens is 1. The number of hydrogen-bond acceptors (Lipinski definition) is 6. The Hall–Kier alpha value is -3.28. The smallest absolute Gasteiger partial charge is 0.306 e. The van der Waals surface area contributed by atoms with Crippen LogP contribution < -0.4 is 9.47 Å². The Bertz CT molecular complexity index is 866. The van der Waals surface area contributed by atoms with Gasteiger partial charge in [-0.3, -0.25) is 4.79 Å². The number of methoxy groups -OCH3 is 2. The van der Waals surface area contributed by atoms with E-state index in [2.05, 4.69) is 5.16 Å². The van der Waals surface area contributed by atoms with Crippen molar-refractivity contribution in [3.63, 3.8) is 0 Å². The molecule has 0 spiro atoms. The summed E-state index contributed by atoms with van der Waals surface area (Å²) in [5.74, 6) is 1.72. The summed E-state index contributed by atoms with van der Waals surface area (Å²) < 4.78 is 21.0. The number of ether oxygens (including phenoxy) is 3. The van der Waals surface area contributed by atoms with Crippen LogP contribution >= 0.6 is 0 Å². The van der Waals surface area contributed by atoms with Crippen LogP contribution in [0.3, 0.4) is 0 Å². The van der Waals surface area contributed by atoms with E-state index in [0.29, 0.717) is 29.4 Å². The van der Waals surface area contributed by atoms with Gasteiger partial charge in [-0.25, -0.2) is 0 Å². The topological polar surface area (TPSA) is 70.8 Å². The number of hydrogen-bond donors (Lipinski definition) is 0. The molecule has 0 N–H and O–H groups in total. The first-order chi connectivity index (χ1) is 13.2. The summed E-state index contributed by atoms with van der Waals surface area (Å²) in [6.45, 7) is 0.0800. The number of carbonyl (C=O) groups excluding carboxylic acids is 1. The van der Waals surface area contributed by atoms with Crippen molar-refractivity contribution in [1.82, 2.24) is 5.16 Å². The van der Waals surface area contributed by atoms with Gasteiger partial charge in [0.25, 0.3) is 0 Å². The molecule has 1 heterocycles. The summed E-state index contributed by atoms with van der Waals surface area (Å²) in [4.78, 5) is 12.0. The molecular formula is C21H21NO5. The van der Waals surface area contributed by atoms with Crippen LogP contribution in [0.2, 0.25) is 0 Å². The monoisotopic (exact) mass is 367 g/mol. The highest BCUT2D eigenvalue weighted by Crippen LogP contribution is 2.23. The molecule has 0 radical (unpaired) electrons. The maximum Gasteiger partial charge on any atom is 0.306 e. The number of nitrogens with zero attached hydrogens (tertiary/aromatic N) is 1. The zero-order valence-electron chi connectivity index (χ0n) is 15.3. The van der Waals surface area contributed by atoms with Gasteiger partial charge in [-0.2, -0.15) is 0 Å². The van der Waals surface area contributed by atoms with Gasteiger partial charge in [-0.1, -0.05) is 35.5 Å². The predicted octanol–water partition coefficient (Wildman–Crippen LogP) is 4.03. The van der Waals surface area contributed by atoms with Crippen LogP contribution in [-0.4, -0.2) is 25.3 Å². The maximum absolute atomic E-state index is 12.0. The Kier molecular flexibility index (Phi) is 6.10. The zero-order chi connectivity index (χ0) is 19.1.